The second-order valence-electron chi connectivity index (χ2n) is 4.78. The number of rotatable bonds is 4. The van der Waals surface area contributed by atoms with Crippen LogP contribution < -0.4 is 0 Å². The molecule has 0 aliphatic heterocycles. The first-order valence-corrected chi connectivity index (χ1v) is 6.08. The maximum Gasteiger partial charge on any atom is 0.372 e. The lowest BCUT2D eigenvalue weighted by Crippen LogP contribution is -2.21. The molecule has 1 aliphatic rings. The Morgan fingerprint density at radius 2 is 2.41 bits per heavy atom. The topological polar surface area (TPSA) is 59.7 Å². The highest BCUT2D eigenvalue weighted by atomic mass is 16.5. The van der Waals surface area contributed by atoms with Crippen LogP contribution in [0.4, 0.5) is 0 Å². The summed E-state index contributed by atoms with van der Waals surface area (Å²) in [7, 11) is 0. The first kappa shape index (κ1) is 12.2. The fourth-order valence-corrected chi connectivity index (χ4v) is 2.37. The SMILES string of the molecule is CC1CCCC(OCc2ccoc2C(=O)O)C1. The summed E-state index contributed by atoms with van der Waals surface area (Å²) in [5.74, 6) is -0.337. The Balaban J connectivity index is 1.89. The van der Waals surface area contributed by atoms with E-state index in [9.17, 15) is 4.79 Å². The number of hydrogen-bond donors (Lipinski definition) is 1. The molecule has 1 fully saturated rings. The van der Waals surface area contributed by atoms with Crippen LogP contribution in [-0.2, 0) is 11.3 Å². The van der Waals surface area contributed by atoms with Crippen LogP contribution >= 0.6 is 0 Å². The van der Waals surface area contributed by atoms with Gasteiger partial charge in [0.1, 0.15) is 0 Å². The van der Waals surface area contributed by atoms with Gasteiger partial charge >= 0.3 is 5.97 Å². The number of aromatic carboxylic acids is 1. The van der Waals surface area contributed by atoms with Crippen LogP contribution in [-0.4, -0.2) is 17.2 Å². The average Bonchev–Trinajstić information content (AvgIpc) is 2.74. The minimum absolute atomic E-state index is 0.00569. The Labute approximate surface area is 101 Å². The number of carbonyl (C=O) groups is 1. The zero-order valence-electron chi connectivity index (χ0n) is 10.0. The Morgan fingerprint density at radius 1 is 1.59 bits per heavy atom. The number of carboxylic acid groups (broad SMARTS) is 1. The summed E-state index contributed by atoms with van der Waals surface area (Å²) in [5.41, 5.74) is 0.621. The predicted octanol–water partition coefficient (Wildman–Crippen LogP) is 3.07. The van der Waals surface area contributed by atoms with E-state index in [4.69, 9.17) is 14.3 Å². The summed E-state index contributed by atoms with van der Waals surface area (Å²) in [5, 5.41) is 8.88. The van der Waals surface area contributed by atoms with Crippen molar-refractivity contribution in [2.45, 2.75) is 45.3 Å². The third-order valence-electron chi connectivity index (χ3n) is 3.30. The Bertz CT molecular complexity index is 383. The third-order valence-corrected chi connectivity index (χ3v) is 3.30. The van der Waals surface area contributed by atoms with Crippen molar-refractivity contribution in [2.24, 2.45) is 5.92 Å². The largest absolute Gasteiger partial charge is 0.475 e. The summed E-state index contributed by atoms with van der Waals surface area (Å²) in [6, 6.07) is 1.66. The van der Waals surface area contributed by atoms with Crippen LogP contribution in [0.2, 0.25) is 0 Å². The monoisotopic (exact) mass is 238 g/mol. The fraction of sp³-hybridized carbons (Fsp3) is 0.615. The van der Waals surface area contributed by atoms with Gasteiger partial charge in [-0.15, -0.1) is 0 Å². The van der Waals surface area contributed by atoms with E-state index in [1.807, 2.05) is 0 Å². The molecule has 0 saturated heterocycles. The molecule has 2 atom stereocenters. The maximum atomic E-state index is 10.8. The van der Waals surface area contributed by atoms with Crippen molar-refractivity contribution >= 4 is 5.97 Å². The van der Waals surface area contributed by atoms with Gasteiger partial charge < -0.3 is 14.3 Å². The van der Waals surface area contributed by atoms with E-state index < -0.39 is 5.97 Å². The van der Waals surface area contributed by atoms with Gasteiger partial charge in [-0.3, -0.25) is 0 Å². The van der Waals surface area contributed by atoms with Gasteiger partial charge in [-0.05, 0) is 24.8 Å². The Morgan fingerprint density at radius 3 is 3.12 bits per heavy atom. The smallest absolute Gasteiger partial charge is 0.372 e. The van der Waals surface area contributed by atoms with E-state index in [1.165, 1.54) is 19.1 Å². The maximum absolute atomic E-state index is 10.8. The number of ether oxygens (including phenoxy) is 1. The number of furan rings is 1. The molecule has 0 radical (unpaired) electrons. The molecule has 0 spiro atoms. The van der Waals surface area contributed by atoms with Crippen molar-refractivity contribution < 1.29 is 19.1 Å². The molecular formula is C13H18O4. The first-order chi connectivity index (χ1) is 8.16. The molecular weight excluding hydrogens is 220 g/mol. The van der Waals surface area contributed by atoms with E-state index in [2.05, 4.69) is 6.92 Å². The van der Waals surface area contributed by atoms with E-state index in [0.717, 1.165) is 12.8 Å². The van der Waals surface area contributed by atoms with Gasteiger partial charge in [0, 0.05) is 5.56 Å². The second-order valence-corrected chi connectivity index (χ2v) is 4.78. The molecule has 17 heavy (non-hydrogen) atoms. The molecule has 2 unspecified atom stereocenters. The summed E-state index contributed by atoms with van der Waals surface area (Å²) in [4.78, 5) is 10.8. The molecule has 1 aliphatic carbocycles. The molecule has 1 saturated carbocycles. The van der Waals surface area contributed by atoms with Crippen LogP contribution in [0.3, 0.4) is 0 Å². The second kappa shape index (κ2) is 5.36. The van der Waals surface area contributed by atoms with Crippen LogP contribution in [0.5, 0.6) is 0 Å². The summed E-state index contributed by atoms with van der Waals surface area (Å²) >= 11 is 0. The molecule has 94 valence electrons. The fourth-order valence-electron chi connectivity index (χ4n) is 2.37. The minimum Gasteiger partial charge on any atom is -0.475 e. The first-order valence-electron chi connectivity index (χ1n) is 6.08. The lowest BCUT2D eigenvalue weighted by atomic mass is 9.89. The quantitative estimate of drug-likeness (QED) is 0.875. The van der Waals surface area contributed by atoms with Gasteiger partial charge in [-0.1, -0.05) is 19.8 Å². The summed E-state index contributed by atoms with van der Waals surface area (Å²) < 4.78 is 10.7. The summed E-state index contributed by atoms with van der Waals surface area (Å²) in [6.07, 6.45) is 6.26. The van der Waals surface area contributed by atoms with Gasteiger partial charge in [-0.2, -0.15) is 0 Å². The molecule has 4 heteroatoms. The standard InChI is InChI=1S/C13H18O4/c1-9-3-2-4-11(7-9)17-8-10-5-6-16-12(10)13(14)15/h5-6,9,11H,2-4,7-8H2,1H3,(H,14,15). The van der Waals surface area contributed by atoms with Crippen molar-refractivity contribution in [1.29, 1.82) is 0 Å². The van der Waals surface area contributed by atoms with Crippen LogP contribution in [0.1, 0.15) is 48.7 Å². The third kappa shape index (κ3) is 3.09. The lowest BCUT2D eigenvalue weighted by Gasteiger charge is -2.26. The zero-order chi connectivity index (χ0) is 12.3. The Kier molecular flexibility index (Phi) is 3.84. The van der Waals surface area contributed by atoms with E-state index in [0.29, 0.717) is 18.1 Å². The van der Waals surface area contributed by atoms with Gasteiger partial charge in [0.15, 0.2) is 0 Å². The molecule has 1 N–H and O–H groups in total. The highest BCUT2D eigenvalue weighted by molar-refractivity contribution is 5.85. The van der Waals surface area contributed by atoms with Crippen molar-refractivity contribution in [3.63, 3.8) is 0 Å². The van der Waals surface area contributed by atoms with Crippen LogP contribution in [0, 0.1) is 5.92 Å². The van der Waals surface area contributed by atoms with Gasteiger partial charge in [-0.25, -0.2) is 4.79 Å². The highest BCUT2D eigenvalue weighted by Gasteiger charge is 2.21. The summed E-state index contributed by atoms with van der Waals surface area (Å²) in [6.45, 7) is 2.56. The van der Waals surface area contributed by atoms with Crippen molar-refractivity contribution in [1.82, 2.24) is 0 Å². The molecule has 0 amide bonds. The van der Waals surface area contributed by atoms with Gasteiger partial charge in [0.05, 0.1) is 19.0 Å². The Hall–Kier alpha value is -1.29. The molecule has 2 rings (SSSR count). The normalized spacial score (nSPS) is 24.8. The molecule has 1 aromatic rings. The highest BCUT2D eigenvalue weighted by Crippen LogP contribution is 2.26. The zero-order valence-corrected chi connectivity index (χ0v) is 10.0. The molecule has 4 nitrogen and oxygen atoms in total. The molecule has 0 bridgehead atoms. The van der Waals surface area contributed by atoms with Crippen molar-refractivity contribution in [3.05, 3.63) is 23.7 Å². The van der Waals surface area contributed by atoms with E-state index in [-0.39, 0.29) is 11.9 Å². The minimum atomic E-state index is -1.04. The average molecular weight is 238 g/mol. The van der Waals surface area contributed by atoms with Gasteiger partial charge in [0.25, 0.3) is 0 Å². The van der Waals surface area contributed by atoms with Crippen molar-refractivity contribution in [3.8, 4) is 0 Å². The number of carboxylic acids is 1. The van der Waals surface area contributed by atoms with Crippen molar-refractivity contribution in [2.75, 3.05) is 0 Å². The predicted molar refractivity (Wildman–Crippen MR) is 61.9 cm³/mol. The molecule has 1 aromatic heterocycles. The van der Waals surface area contributed by atoms with Gasteiger partial charge in [0.2, 0.25) is 5.76 Å². The van der Waals surface area contributed by atoms with Crippen LogP contribution in [0.15, 0.2) is 16.7 Å². The molecule has 0 aromatic carbocycles. The van der Waals surface area contributed by atoms with E-state index >= 15 is 0 Å². The lowest BCUT2D eigenvalue weighted by molar-refractivity contribution is 0.00377. The molecule has 1 heterocycles. The number of hydrogen-bond acceptors (Lipinski definition) is 3. The van der Waals surface area contributed by atoms with Crippen LogP contribution in [0.25, 0.3) is 0 Å². The van der Waals surface area contributed by atoms with E-state index in [1.54, 1.807) is 6.07 Å².